The fraction of sp³-hybridized carbons (Fsp3) is 0.400. The van der Waals surface area contributed by atoms with E-state index in [-0.39, 0.29) is 15.7 Å². The van der Waals surface area contributed by atoms with Gasteiger partial charge in [-0.15, -0.1) is 11.3 Å². The van der Waals surface area contributed by atoms with Gasteiger partial charge in [0.1, 0.15) is 15.8 Å². The summed E-state index contributed by atoms with van der Waals surface area (Å²) in [7, 11) is -3.40. The molecule has 0 amide bonds. The Morgan fingerprint density at radius 2 is 2.13 bits per heavy atom. The normalized spacial score (nSPS) is 14.0. The van der Waals surface area contributed by atoms with Crippen molar-refractivity contribution in [2.75, 3.05) is 11.1 Å². The summed E-state index contributed by atoms with van der Waals surface area (Å²) in [6.07, 6.45) is 5.45. The summed E-state index contributed by atoms with van der Waals surface area (Å²) < 4.78 is 26.2. The van der Waals surface area contributed by atoms with Gasteiger partial charge in [0.2, 0.25) is 0 Å². The van der Waals surface area contributed by atoms with Gasteiger partial charge >= 0.3 is 0 Å². The molecule has 0 unspecified atom stereocenters. The van der Waals surface area contributed by atoms with Gasteiger partial charge in [-0.2, -0.15) is 5.10 Å². The van der Waals surface area contributed by atoms with Crippen molar-refractivity contribution >= 4 is 54.5 Å². The van der Waals surface area contributed by atoms with Crippen LogP contribution in [-0.2, 0) is 14.6 Å². The highest BCUT2D eigenvalue weighted by atomic mass is 79.9. The first kappa shape index (κ1) is 22.1. The van der Waals surface area contributed by atoms with Crippen LogP contribution in [0.4, 0.5) is 11.6 Å². The molecule has 3 aromatic heterocycles. The first-order valence-electron chi connectivity index (χ1n) is 9.99. The van der Waals surface area contributed by atoms with E-state index in [1.165, 1.54) is 19.8 Å². The highest BCUT2D eigenvalue weighted by Crippen LogP contribution is 2.40. The van der Waals surface area contributed by atoms with Crippen LogP contribution in [-0.4, -0.2) is 40.1 Å². The molecule has 0 spiro atoms. The zero-order chi connectivity index (χ0) is 22.0. The standard InChI is InChI=1S/C20H22BrN5O3S2/c1-12(27)4-2-3-9-31(28,29)18-8-7-16(30-18)20-22-11-14(21)19(24-20)23-17-10-15(25-26-17)13-5-6-13/h7-8,10-11,13H,2-6,9H2,1H3,(H2,22,23,24,25,26). The molecule has 1 saturated carbocycles. The Morgan fingerprint density at radius 3 is 2.87 bits per heavy atom. The van der Waals surface area contributed by atoms with E-state index in [2.05, 4.69) is 41.4 Å². The number of carbonyl (C=O) groups excluding carboxylic acids is 1. The Hall–Kier alpha value is -2.11. The number of halogens is 1. The van der Waals surface area contributed by atoms with Crippen LogP contribution in [0.15, 0.2) is 33.1 Å². The number of hydrogen-bond acceptors (Lipinski definition) is 8. The van der Waals surface area contributed by atoms with E-state index < -0.39 is 9.84 Å². The SMILES string of the molecule is CC(=O)CCCCS(=O)(=O)c1ccc(-c2ncc(Br)c(Nc3cc(C4CC4)[nH]n3)n2)s1. The number of aromatic nitrogens is 4. The average molecular weight is 524 g/mol. The molecule has 0 radical (unpaired) electrons. The topological polar surface area (TPSA) is 118 Å². The molecule has 1 fully saturated rings. The van der Waals surface area contributed by atoms with Gasteiger partial charge < -0.3 is 10.1 Å². The number of rotatable bonds is 10. The smallest absolute Gasteiger partial charge is 0.187 e. The lowest BCUT2D eigenvalue weighted by molar-refractivity contribution is -0.117. The molecular formula is C20H22BrN5O3S2. The molecule has 1 aliphatic rings. The third-order valence-corrected chi connectivity index (χ3v) is 8.95. The maximum absolute atomic E-state index is 12.6. The van der Waals surface area contributed by atoms with Crippen LogP contribution >= 0.6 is 27.3 Å². The van der Waals surface area contributed by atoms with E-state index >= 15 is 0 Å². The zero-order valence-corrected chi connectivity index (χ0v) is 20.1. The van der Waals surface area contributed by atoms with Gasteiger partial charge in [0, 0.05) is 30.3 Å². The lowest BCUT2D eigenvalue weighted by atomic mass is 10.2. The molecule has 0 aromatic carbocycles. The summed E-state index contributed by atoms with van der Waals surface area (Å²) in [6, 6.07) is 5.29. The van der Waals surface area contributed by atoms with Gasteiger partial charge in [-0.25, -0.2) is 18.4 Å². The molecule has 0 aliphatic heterocycles. The summed E-state index contributed by atoms with van der Waals surface area (Å²) in [5.74, 6) is 2.34. The predicted molar refractivity (Wildman–Crippen MR) is 123 cm³/mol. The Morgan fingerprint density at radius 1 is 1.32 bits per heavy atom. The Kier molecular flexibility index (Phi) is 6.54. The maximum Gasteiger partial charge on any atom is 0.187 e. The molecule has 0 atom stereocenters. The average Bonchev–Trinajstić information content (AvgIpc) is 3.25. The predicted octanol–water partition coefficient (Wildman–Crippen LogP) is 4.84. The highest BCUT2D eigenvalue weighted by molar-refractivity contribution is 9.10. The molecule has 11 heteroatoms. The number of nitrogens with one attached hydrogen (secondary N) is 2. The second-order valence-corrected chi connectivity index (χ2v) is 11.9. The first-order valence-corrected chi connectivity index (χ1v) is 13.3. The number of sulfone groups is 1. The van der Waals surface area contributed by atoms with Crippen molar-refractivity contribution < 1.29 is 13.2 Å². The van der Waals surface area contributed by atoms with Crippen molar-refractivity contribution in [2.24, 2.45) is 0 Å². The van der Waals surface area contributed by atoms with E-state index in [9.17, 15) is 13.2 Å². The molecular weight excluding hydrogens is 502 g/mol. The summed E-state index contributed by atoms with van der Waals surface area (Å²) in [4.78, 5) is 20.6. The number of ketones is 1. The fourth-order valence-electron chi connectivity index (χ4n) is 3.07. The van der Waals surface area contributed by atoms with Crippen LogP contribution < -0.4 is 5.32 Å². The summed E-state index contributed by atoms with van der Waals surface area (Å²) in [5.41, 5.74) is 1.12. The minimum absolute atomic E-state index is 0.0245. The van der Waals surface area contributed by atoms with Gasteiger partial charge in [-0.05, 0) is 60.7 Å². The molecule has 31 heavy (non-hydrogen) atoms. The summed E-state index contributed by atoms with van der Waals surface area (Å²) in [5, 5.41) is 10.5. The van der Waals surface area contributed by atoms with E-state index in [1.54, 1.807) is 18.3 Å². The Labute approximate surface area is 193 Å². The first-order chi connectivity index (χ1) is 14.8. The molecule has 8 nitrogen and oxygen atoms in total. The van der Waals surface area contributed by atoms with Crippen LogP contribution in [0.25, 0.3) is 10.7 Å². The lowest BCUT2D eigenvalue weighted by Crippen LogP contribution is -2.05. The number of H-pyrrole nitrogens is 1. The number of aromatic amines is 1. The van der Waals surface area contributed by atoms with E-state index in [0.717, 1.165) is 17.0 Å². The molecule has 4 rings (SSSR count). The third kappa shape index (κ3) is 5.58. The number of Topliss-reactive ketones (excluding diaryl/α,β-unsaturated/α-hetero) is 1. The van der Waals surface area contributed by atoms with Gasteiger partial charge in [0.25, 0.3) is 0 Å². The largest absolute Gasteiger partial charge is 0.322 e. The van der Waals surface area contributed by atoms with Crippen LogP contribution in [0.2, 0.25) is 0 Å². The molecule has 0 saturated heterocycles. The molecule has 0 bridgehead atoms. The van der Waals surface area contributed by atoms with Gasteiger partial charge in [0.05, 0.1) is 15.1 Å². The quantitative estimate of drug-likeness (QED) is 0.364. The number of unbranched alkanes of at least 4 members (excludes halogenated alkanes) is 1. The molecule has 2 N–H and O–H groups in total. The van der Waals surface area contributed by atoms with Crippen LogP contribution in [0.3, 0.4) is 0 Å². The van der Waals surface area contributed by atoms with Crippen molar-refractivity contribution in [2.45, 2.75) is 49.2 Å². The van der Waals surface area contributed by atoms with Crippen LogP contribution in [0.5, 0.6) is 0 Å². The van der Waals surface area contributed by atoms with Gasteiger partial charge in [-0.1, -0.05) is 0 Å². The third-order valence-electron chi connectivity index (χ3n) is 4.91. The Balaban J connectivity index is 1.47. The van der Waals surface area contributed by atoms with E-state index in [4.69, 9.17) is 0 Å². The number of anilines is 2. The molecule has 3 heterocycles. The van der Waals surface area contributed by atoms with Gasteiger partial charge in [0.15, 0.2) is 21.5 Å². The monoisotopic (exact) mass is 523 g/mol. The van der Waals surface area contributed by atoms with Gasteiger partial charge in [-0.3, -0.25) is 5.10 Å². The molecule has 3 aromatic rings. The Bertz CT molecular complexity index is 1200. The highest BCUT2D eigenvalue weighted by Gasteiger charge is 2.25. The van der Waals surface area contributed by atoms with Crippen molar-refractivity contribution in [3.8, 4) is 10.7 Å². The molecule has 1 aliphatic carbocycles. The summed E-state index contributed by atoms with van der Waals surface area (Å²) >= 11 is 4.60. The zero-order valence-electron chi connectivity index (χ0n) is 16.9. The minimum Gasteiger partial charge on any atom is -0.322 e. The summed E-state index contributed by atoms with van der Waals surface area (Å²) in [6.45, 7) is 1.51. The van der Waals surface area contributed by atoms with Crippen molar-refractivity contribution in [1.82, 2.24) is 20.2 Å². The number of nitrogens with zero attached hydrogens (tertiary/aromatic N) is 3. The van der Waals surface area contributed by atoms with E-state index in [1.807, 2.05) is 6.07 Å². The van der Waals surface area contributed by atoms with Crippen molar-refractivity contribution in [3.63, 3.8) is 0 Å². The van der Waals surface area contributed by atoms with Crippen LogP contribution in [0, 0.1) is 0 Å². The minimum atomic E-state index is -3.40. The number of carbonyl (C=O) groups is 1. The number of hydrogen-bond donors (Lipinski definition) is 2. The number of thiophene rings is 1. The maximum atomic E-state index is 12.6. The van der Waals surface area contributed by atoms with Crippen molar-refractivity contribution in [3.05, 3.63) is 34.6 Å². The second-order valence-electron chi connectivity index (χ2n) is 7.59. The van der Waals surface area contributed by atoms with Crippen molar-refractivity contribution in [1.29, 1.82) is 0 Å². The molecule has 164 valence electrons. The van der Waals surface area contributed by atoms with Crippen LogP contribution in [0.1, 0.15) is 50.6 Å². The fourth-order valence-corrected chi connectivity index (χ4v) is 6.13. The lowest BCUT2D eigenvalue weighted by Gasteiger charge is -2.06. The van der Waals surface area contributed by atoms with E-state index in [0.29, 0.717) is 52.0 Å². The second kappa shape index (κ2) is 9.17.